The van der Waals surface area contributed by atoms with E-state index in [1.54, 1.807) is 0 Å². The molecule has 0 amide bonds. The maximum Gasteiger partial charge on any atom is 0.127 e. The first-order valence-corrected chi connectivity index (χ1v) is 6.97. The average molecular weight is 264 g/mol. The second-order valence-electron chi connectivity index (χ2n) is 4.93. The van der Waals surface area contributed by atoms with Gasteiger partial charge in [0.05, 0.1) is 22.1 Å². The maximum absolute atomic E-state index is 6.36. The molecule has 0 saturated heterocycles. The Balaban J connectivity index is 2.24. The van der Waals surface area contributed by atoms with E-state index in [1.807, 2.05) is 25.2 Å². The lowest BCUT2D eigenvalue weighted by Gasteiger charge is -2.16. The number of imidazole rings is 1. The van der Waals surface area contributed by atoms with Crippen molar-refractivity contribution in [3.63, 3.8) is 0 Å². The lowest BCUT2D eigenvalue weighted by atomic mass is 10.2. The van der Waals surface area contributed by atoms with Crippen molar-refractivity contribution >= 4 is 22.6 Å². The molecule has 1 aromatic carbocycles. The van der Waals surface area contributed by atoms with Gasteiger partial charge in [0.1, 0.15) is 5.82 Å². The highest BCUT2D eigenvalue weighted by molar-refractivity contribution is 6.35. The van der Waals surface area contributed by atoms with Crippen molar-refractivity contribution in [3.8, 4) is 0 Å². The zero-order valence-electron chi connectivity index (χ0n) is 10.8. The second kappa shape index (κ2) is 4.56. The van der Waals surface area contributed by atoms with Crippen molar-refractivity contribution in [2.24, 2.45) is 0 Å². The van der Waals surface area contributed by atoms with Gasteiger partial charge in [-0.25, -0.2) is 4.98 Å². The number of fused-ring (bicyclic) bond motifs is 1. The highest BCUT2D eigenvalue weighted by Gasteiger charge is 2.30. The Labute approximate surface area is 112 Å². The van der Waals surface area contributed by atoms with Crippen molar-refractivity contribution in [2.45, 2.75) is 38.3 Å². The Bertz CT molecular complexity index is 568. The summed E-state index contributed by atoms with van der Waals surface area (Å²) in [6, 6.07) is 6.86. The Morgan fingerprint density at radius 1 is 1.50 bits per heavy atom. The van der Waals surface area contributed by atoms with Gasteiger partial charge in [-0.3, -0.25) is 0 Å². The zero-order valence-corrected chi connectivity index (χ0v) is 11.5. The minimum atomic E-state index is 0.300. The monoisotopic (exact) mass is 263 g/mol. The molecule has 1 unspecified atom stereocenters. The number of rotatable bonds is 4. The summed E-state index contributed by atoms with van der Waals surface area (Å²) < 4.78 is 2.35. The number of nitrogens with one attached hydrogen (secondary N) is 1. The number of benzene rings is 1. The third-order valence-electron chi connectivity index (χ3n) is 3.67. The van der Waals surface area contributed by atoms with Crippen LogP contribution in [0.5, 0.6) is 0 Å². The van der Waals surface area contributed by atoms with Crippen molar-refractivity contribution in [1.29, 1.82) is 0 Å². The van der Waals surface area contributed by atoms with Crippen molar-refractivity contribution < 1.29 is 0 Å². The molecule has 0 radical (unpaired) electrons. The highest BCUT2D eigenvalue weighted by atomic mass is 35.5. The summed E-state index contributed by atoms with van der Waals surface area (Å²) in [7, 11) is 1.99. The molecule has 3 rings (SSSR count). The molecular weight excluding hydrogens is 246 g/mol. The molecule has 1 aliphatic rings. The summed E-state index contributed by atoms with van der Waals surface area (Å²) in [6.07, 6.45) is 3.51. The van der Waals surface area contributed by atoms with Gasteiger partial charge in [0.25, 0.3) is 0 Å². The van der Waals surface area contributed by atoms with Crippen LogP contribution in [0.15, 0.2) is 18.2 Å². The van der Waals surface area contributed by atoms with Gasteiger partial charge in [0.2, 0.25) is 0 Å². The molecule has 0 bridgehead atoms. The molecule has 96 valence electrons. The van der Waals surface area contributed by atoms with Crippen LogP contribution in [0, 0.1) is 0 Å². The third kappa shape index (κ3) is 1.82. The molecule has 1 aromatic heterocycles. The quantitative estimate of drug-likeness (QED) is 0.912. The predicted octanol–water partition coefficient (Wildman–Crippen LogP) is 3.70. The topological polar surface area (TPSA) is 29.9 Å². The summed E-state index contributed by atoms with van der Waals surface area (Å²) in [5.41, 5.74) is 2.11. The zero-order chi connectivity index (χ0) is 12.7. The van der Waals surface area contributed by atoms with E-state index in [1.165, 1.54) is 12.8 Å². The summed E-state index contributed by atoms with van der Waals surface area (Å²) in [5.74, 6) is 1.13. The molecule has 1 N–H and O–H groups in total. The number of hydrogen-bond acceptors (Lipinski definition) is 2. The van der Waals surface area contributed by atoms with E-state index < -0.39 is 0 Å². The molecule has 1 fully saturated rings. The molecule has 18 heavy (non-hydrogen) atoms. The molecular formula is C14H18ClN3. The van der Waals surface area contributed by atoms with Crippen molar-refractivity contribution in [2.75, 3.05) is 7.05 Å². The fourth-order valence-corrected chi connectivity index (χ4v) is 2.85. The van der Waals surface area contributed by atoms with Gasteiger partial charge in [0.15, 0.2) is 0 Å². The Kier molecular flexibility index (Phi) is 3.04. The molecule has 2 aromatic rings. The van der Waals surface area contributed by atoms with E-state index in [9.17, 15) is 0 Å². The number of aromatic nitrogens is 2. The average Bonchev–Trinajstić information content (AvgIpc) is 3.13. The first-order valence-electron chi connectivity index (χ1n) is 6.59. The van der Waals surface area contributed by atoms with Crippen LogP contribution < -0.4 is 5.32 Å². The smallest absolute Gasteiger partial charge is 0.127 e. The maximum atomic E-state index is 6.36. The summed E-state index contributed by atoms with van der Waals surface area (Å²) in [5, 5.41) is 4.15. The van der Waals surface area contributed by atoms with Crippen LogP contribution in [0.1, 0.15) is 44.1 Å². The highest BCUT2D eigenvalue weighted by Crippen LogP contribution is 2.41. The minimum Gasteiger partial charge on any atom is -0.322 e. The molecule has 3 nitrogen and oxygen atoms in total. The predicted molar refractivity (Wildman–Crippen MR) is 75.1 cm³/mol. The van der Waals surface area contributed by atoms with Gasteiger partial charge in [-0.15, -0.1) is 0 Å². The first kappa shape index (κ1) is 12.0. The van der Waals surface area contributed by atoms with Crippen LogP contribution in [-0.4, -0.2) is 16.6 Å². The standard InChI is InChI=1S/C14H18ClN3/c1-3-11(16-2)14-17-12-6-4-5-10(15)13(12)18(14)9-7-8-9/h4-6,9,11,16H,3,7-8H2,1-2H3. The van der Waals surface area contributed by atoms with Gasteiger partial charge in [-0.2, -0.15) is 0 Å². The van der Waals surface area contributed by atoms with Crippen LogP contribution in [0.25, 0.3) is 11.0 Å². The van der Waals surface area contributed by atoms with Crippen molar-refractivity contribution in [3.05, 3.63) is 29.0 Å². The van der Waals surface area contributed by atoms with Crippen molar-refractivity contribution in [1.82, 2.24) is 14.9 Å². The Morgan fingerprint density at radius 2 is 2.28 bits per heavy atom. The summed E-state index contributed by atoms with van der Waals surface area (Å²) >= 11 is 6.36. The molecule has 1 atom stereocenters. The molecule has 1 heterocycles. The minimum absolute atomic E-state index is 0.300. The Morgan fingerprint density at radius 3 is 2.89 bits per heavy atom. The molecule has 1 aliphatic carbocycles. The number of para-hydroxylation sites is 1. The fraction of sp³-hybridized carbons (Fsp3) is 0.500. The van der Waals surface area contributed by atoms with E-state index in [0.29, 0.717) is 12.1 Å². The lowest BCUT2D eigenvalue weighted by Crippen LogP contribution is -2.20. The SMILES string of the molecule is CCC(NC)c1nc2cccc(Cl)c2n1C1CC1. The summed E-state index contributed by atoms with van der Waals surface area (Å²) in [6.45, 7) is 2.18. The van der Waals surface area contributed by atoms with Gasteiger partial charge in [-0.1, -0.05) is 24.6 Å². The third-order valence-corrected chi connectivity index (χ3v) is 3.97. The van der Waals surface area contributed by atoms with E-state index in [0.717, 1.165) is 28.3 Å². The van der Waals surface area contributed by atoms with E-state index in [4.69, 9.17) is 16.6 Å². The second-order valence-corrected chi connectivity index (χ2v) is 5.34. The normalized spacial score (nSPS) is 17.3. The van der Waals surface area contributed by atoms with Gasteiger partial charge in [0, 0.05) is 6.04 Å². The largest absolute Gasteiger partial charge is 0.322 e. The van der Waals surface area contributed by atoms with Gasteiger partial charge < -0.3 is 9.88 Å². The molecule has 0 spiro atoms. The molecule has 1 saturated carbocycles. The molecule has 0 aliphatic heterocycles. The van der Waals surface area contributed by atoms with Crippen LogP contribution in [0.2, 0.25) is 5.02 Å². The summed E-state index contributed by atoms with van der Waals surface area (Å²) in [4.78, 5) is 4.79. The van der Waals surface area contributed by atoms with E-state index in [2.05, 4.69) is 16.8 Å². The number of nitrogens with zero attached hydrogens (tertiary/aromatic N) is 2. The number of halogens is 1. The van der Waals surface area contributed by atoms with Crippen LogP contribution in [0.4, 0.5) is 0 Å². The fourth-order valence-electron chi connectivity index (χ4n) is 2.59. The van der Waals surface area contributed by atoms with Crippen LogP contribution in [-0.2, 0) is 0 Å². The van der Waals surface area contributed by atoms with E-state index in [-0.39, 0.29) is 0 Å². The number of hydrogen-bond donors (Lipinski definition) is 1. The van der Waals surface area contributed by atoms with Gasteiger partial charge in [-0.05, 0) is 38.4 Å². The van der Waals surface area contributed by atoms with Crippen LogP contribution in [0.3, 0.4) is 0 Å². The molecule has 4 heteroatoms. The first-order chi connectivity index (χ1) is 8.76. The van der Waals surface area contributed by atoms with E-state index >= 15 is 0 Å². The Hall–Kier alpha value is -1.06. The van der Waals surface area contributed by atoms with Gasteiger partial charge >= 0.3 is 0 Å². The van der Waals surface area contributed by atoms with Crippen LogP contribution >= 0.6 is 11.6 Å². The lowest BCUT2D eigenvalue weighted by molar-refractivity contribution is 0.514.